The molecular formula is C16H20N4O. The van der Waals surface area contributed by atoms with Crippen molar-refractivity contribution in [3.63, 3.8) is 0 Å². The number of benzene rings is 1. The first kappa shape index (κ1) is 13.8. The van der Waals surface area contributed by atoms with E-state index in [2.05, 4.69) is 38.4 Å². The molecule has 3 rings (SSSR count). The monoisotopic (exact) mass is 284 g/mol. The number of aromatic nitrogens is 2. The van der Waals surface area contributed by atoms with Crippen molar-refractivity contribution >= 4 is 11.6 Å². The lowest BCUT2D eigenvalue weighted by molar-refractivity contribution is 0.232. The van der Waals surface area contributed by atoms with E-state index >= 15 is 0 Å². The zero-order valence-corrected chi connectivity index (χ0v) is 12.4. The van der Waals surface area contributed by atoms with Gasteiger partial charge in [0.1, 0.15) is 0 Å². The highest BCUT2D eigenvalue weighted by Gasteiger charge is 2.18. The third-order valence-corrected chi connectivity index (χ3v) is 3.33. The van der Waals surface area contributed by atoms with Gasteiger partial charge in [-0.15, -0.1) is 0 Å². The second-order valence-corrected chi connectivity index (χ2v) is 5.32. The fourth-order valence-corrected chi connectivity index (χ4v) is 2.44. The normalized spacial score (nSPS) is 14.7. The molecular weight excluding hydrogens is 264 g/mol. The van der Waals surface area contributed by atoms with Crippen LogP contribution in [0, 0.1) is 0 Å². The second-order valence-electron chi connectivity index (χ2n) is 5.32. The van der Waals surface area contributed by atoms with E-state index in [0.29, 0.717) is 11.8 Å². The van der Waals surface area contributed by atoms with Gasteiger partial charge in [-0.3, -0.25) is 0 Å². The van der Waals surface area contributed by atoms with Crippen LogP contribution in [-0.4, -0.2) is 29.2 Å². The van der Waals surface area contributed by atoms with E-state index in [1.807, 2.05) is 19.9 Å². The Morgan fingerprint density at radius 2 is 2.10 bits per heavy atom. The summed E-state index contributed by atoms with van der Waals surface area (Å²) in [5.41, 5.74) is 2.41. The largest absolute Gasteiger partial charge is 0.475 e. The van der Waals surface area contributed by atoms with Crippen LogP contribution in [0.25, 0.3) is 0 Å². The molecule has 2 heterocycles. The van der Waals surface area contributed by atoms with Gasteiger partial charge in [0.15, 0.2) is 0 Å². The Kier molecular flexibility index (Phi) is 4.01. The molecule has 1 aliphatic rings. The summed E-state index contributed by atoms with van der Waals surface area (Å²) in [5.74, 6) is 1.30. The van der Waals surface area contributed by atoms with Gasteiger partial charge in [-0.05, 0) is 25.5 Å². The Bertz CT molecular complexity index is 615. The maximum atomic E-state index is 5.67. The van der Waals surface area contributed by atoms with Crippen LogP contribution in [0.5, 0.6) is 5.88 Å². The molecule has 0 aliphatic carbocycles. The number of para-hydroxylation sites is 1. The van der Waals surface area contributed by atoms with Gasteiger partial charge < -0.3 is 15.0 Å². The third-order valence-electron chi connectivity index (χ3n) is 3.33. The Labute approximate surface area is 125 Å². The van der Waals surface area contributed by atoms with Crippen LogP contribution in [0.3, 0.4) is 0 Å². The summed E-state index contributed by atoms with van der Waals surface area (Å²) in [6.07, 6.45) is 1.85. The number of hydrogen-bond acceptors (Lipinski definition) is 5. The first-order chi connectivity index (χ1) is 10.2. The molecule has 0 spiro atoms. The van der Waals surface area contributed by atoms with Gasteiger partial charge in [-0.25, -0.2) is 4.98 Å². The highest BCUT2D eigenvalue weighted by atomic mass is 16.5. The minimum Gasteiger partial charge on any atom is -0.475 e. The van der Waals surface area contributed by atoms with Gasteiger partial charge in [-0.1, -0.05) is 18.2 Å². The standard InChI is InChI=1S/C16H20N4O/c1-12(2)21-15-7-8-18-16(19-15)20-10-9-17-11-13-5-3-4-6-14(13)20/h3-8,12,17H,9-11H2,1-2H3. The van der Waals surface area contributed by atoms with Crippen molar-refractivity contribution in [2.75, 3.05) is 18.0 Å². The van der Waals surface area contributed by atoms with Crippen LogP contribution in [0.2, 0.25) is 0 Å². The van der Waals surface area contributed by atoms with E-state index in [4.69, 9.17) is 4.74 Å². The molecule has 0 amide bonds. The molecule has 5 nitrogen and oxygen atoms in total. The Morgan fingerprint density at radius 3 is 2.95 bits per heavy atom. The van der Waals surface area contributed by atoms with Crippen molar-refractivity contribution in [2.24, 2.45) is 0 Å². The van der Waals surface area contributed by atoms with Crippen LogP contribution >= 0.6 is 0 Å². The fraction of sp³-hybridized carbons (Fsp3) is 0.375. The number of nitrogens with one attached hydrogen (secondary N) is 1. The molecule has 0 fully saturated rings. The average Bonchev–Trinajstić information content (AvgIpc) is 2.69. The van der Waals surface area contributed by atoms with Gasteiger partial charge in [-0.2, -0.15) is 4.98 Å². The topological polar surface area (TPSA) is 50.3 Å². The molecule has 1 aromatic carbocycles. The number of ether oxygens (including phenoxy) is 1. The molecule has 21 heavy (non-hydrogen) atoms. The van der Waals surface area contributed by atoms with Crippen LogP contribution < -0.4 is 15.0 Å². The maximum Gasteiger partial charge on any atom is 0.233 e. The van der Waals surface area contributed by atoms with E-state index in [-0.39, 0.29) is 6.10 Å². The molecule has 1 aromatic heterocycles. The van der Waals surface area contributed by atoms with E-state index in [0.717, 1.165) is 25.3 Å². The number of hydrogen-bond donors (Lipinski definition) is 1. The van der Waals surface area contributed by atoms with Gasteiger partial charge >= 0.3 is 0 Å². The molecule has 110 valence electrons. The highest BCUT2D eigenvalue weighted by molar-refractivity contribution is 5.62. The van der Waals surface area contributed by atoms with Gasteiger partial charge in [0.25, 0.3) is 0 Å². The summed E-state index contributed by atoms with van der Waals surface area (Å²) in [6.45, 7) is 6.59. The molecule has 0 saturated carbocycles. The second kappa shape index (κ2) is 6.10. The van der Waals surface area contributed by atoms with E-state index in [1.165, 1.54) is 5.56 Å². The lowest BCUT2D eigenvalue weighted by atomic mass is 10.1. The van der Waals surface area contributed by atoms with E-state index in [1.54, 1.807) is 12.3 Å². The lowest BCUT2D eigenvalue weighted by Gasteiger charge is -2.22. The Balaban J connectivity index is 1.96. The maximum absolute atomic E-state index is 5.67. The highest BCUT2D eigenvalue weighted by Crippen LogP contribution is 2.28. The number of anilines is 2. The van der Waals surface area contributed by atoms with Gasteiger partial charge in [0.2, 0.25) is 11.8 Å². The average molecular weight is 284 g/mol. The first-order valence-corrected chi connectivity index (χ1v) is 7.30. The third kappa shape index (κ3) is 3.13. The molecule has 0 radical (unpaired) electrons. The molecule has 0 atom stereocenters. The SMILES string of the molecule is CC(C)Oc1ccnc(N2CCNCc3ccccc32)n1. The van der Waals surface area contributed by atoms with Crippen molar-refractivity contribution in [3.05, 3.63) is 42.1 Å². The lowest BCUT2D eigenvalue weighted by Crippen LogP contribution is -2.26. The summed E-state index contributed by atoms with van der Waals surface area (Å²) < 4.78 is 5.67. The van der Waals surface area contributed by atoms with Crippen LogP contribution in [0.15, 0.2) is 36.5 Å². The Morgan fingerprint density at radius 1 is 1.24 bits per heavy atom. The summed E-state index contributed by atoms with van der Waals surface area (Å²) >= 11 is 0. The van der Waals surface area contributed by atoms with E-state index in [9.17, 15) is 0 Å². The summed E-state index contributed by atoms with van der Waals surface area (Å²) in [6, 6.07) is 10.1. The predicted octanol–water partition coefficient (Wildman–Crippen LogP) is 2.51. The smallest absolute Gasteiger partial charge is 0.233 e. The summed E-state index contributed by atoms with van der Waals surface area (Å²) in [5, 5.41) is 3.42. The summed E-state index contributed by atoms with van der Waals surface area (Å²) in [4.78, 5) is 11.1. The number of fused-ring (bicyclic) bond motifs is 1. The van der Waals surface area contributed by atoms with Crippen LogP contribution in [-0.2, 0) is 6.54 Å². The molecule has 0 bridgehead atoms. The molecule has 0 saturated heterocycles. The molecule has 2 aromatic rings. The minimum atomic E-state index is 0.103. The van der Waals surface area contributed by atoms with Crippen molar-refractivity contribution in [3.8, 4) is 5.88 Å². The molecule has 5 heteroatoms. The molecule has 1 N–H and O–H groups in total. The van der Waals surface area contributed by atoms with Crippen molar-refractivity contribution < 1.29 is 4.74 Å². The number of nitrogens with zero attached hydrogens (tertiary/aromatic N) is 3. The predicted molar refractivity (Wildman–Crippen MR) is 83.0 cm³/mol. The molecule has 1 aliphatic heterocycles. The van der Waals surface area contributed by atoms with Crippen molar-refractivity contribution in [1.29, 1.82) is 0 Å². The van der Waals surface area contributed by atoms with E-state index < -0.39 is 0 Å². The van der Waals surface area contributed by atoms with Gasteiger partial charge in [0.05, 0.1) is 6.10 Å². The zero-order valence-electron chi connectivity index (χ0n) is 12.4. The van der Waals surface area contributed by atoms with Crippen LogP contribution in [0.4, 0.5) is 11.6 Å². The quantitative estimate of drug-likeness (QED) is 0.938. The van der Waals surface area contributed by atoms with Crippen molar-refractivity contribution in [1.82, 2.24) is 15.3 Å². The first-order valence-electron chi connectivity index (χ1n) is 7.30. The van der Waals surface area contributed by atoms with Crippen molar-refractivity contribution in [2.45, 2.75) is 26.5 Å². The fourth-order valence-electron chi connectivity index (χ4n) is 2.44. The summed E-state index contributed by atoms with van der Waals surface area (Å²) in [7, 11) is 0. The van der Waals surface area contributed by atoms with Crippen LogP contribution in [0.1, 0.15) is 19.4 Å². The minimum absolute atomic E-state index is 0.103. The van der Waals surface area contributed by atoms with Gasteiger partial charge in [0, 0.05) is 37.6 Å². The zero-order chi connectivity index (χ0) is 14.7. The molecule has 0 unspecified atom stereocenters. The number of rotatable bonds is 3. The Hall–Kier alpha value is -2.14.